The third kappa shape index (κ3) is 39.1. The molecule has 0 aromatic rings. The molecule has 1 aliphatic rings. The maximum absolute atomic E-state index is 8.98. The van der Waals surface area contributed by atoms with Gasteiger partial charge in [-0.3, -0.25) is 0 Å². The molecule has 0 aromatic heterocycles. The highest BCUT2D eigenvalue weighted by molar-refractivity contribution is 4.81. The quantitative estimate of drug-likeness (QED) is 0.159. The lowest BCUT2D eigenvalue weighted by atomic mass is 9.75. The molecule has 0 saturated heterocycles. The number of aliphatic hydroxyl groups excluding tert-OH is 10. The second kappa shape index (κ2) is 36.2. The van der Waals surface area contributed by atoms with Crippen molar-refractivity contribution in [3.63, 3.8) is 0 Å². The van der Waals surface area contributed by atoms with E-state index in [9.17, 15) is 0 Å². The van der Waals surface area contributed by atoms with E-state index >= 15 is 0 Å². The van der Waals surface area contributed by atoms with Crippen LogP contribution in [0.3, 0.4) is 0 Å². The molecule has 1 unspecified atom stereocenters. The summed E-state index contributed by atoms with van der Waals surface area (Å²) in [4.78, 5) is 0. The smallest absolute Gasteiger partial charge is 0.0742 e. The van der Waals surface area contributed by atoms with Crippen LogP contribution in [0.1, 0.15) is 77.6 Å². The van der Waals surface area contributed by atoms with Crippen LogP contribution in [0.5, 0.6) is 0 Å². The minimum absolute atomic E-state index is 0.125. The highest BCUT2D eigenvalue weighted by Gasteiger charge is 2.30. The molecule has 10 nitrogen and oxygen atoms in total. The van der Waals surface area contributed by atoms with Gasteiger partial charge in [-0.15, -0.1) is 0 Å². The summed E-state index contributed by atoms with van der Waals surface area (Å²) in [5.41, 5.74) is -0.127. The van der Waals surface area contributed by atoms with E-state index < -0.39 is 6.10 Å². The molecule has 0 bridgehead atoms. The molecular formula is C23H54O10. The molecule has 10 heteroatoms. The number of rotatable bonds is 12. The lowest BCUT2D eigenvalue weighted by molar-refractivity contribution is 0.0234. The predicted octanol–water partition coefficient (Wildman–Crippen LogP) is -0.465. The first-order chi connectivity index (χ1) is 15.8. The topological polar surface area (TPSA) is 202 Å². The predicted molar refractivity (Wildman–Crippen MR) is 129 cm³/mol. The zero-order valence-corrected chi connectivity index (χ0v) is 20.7. The fourth-order valence-electron chi connectivity index (χ4n) is 2.47. The van der Waals surface area contributed by atoms with Crippen LogP contribution < -0.4 is 0 Å². The zero-order chi connectivity index (χ0) is 26.2. The van der Waals surface area contributed by atoms with Crippen molar-refractivity contribution in [2.75, 3.05) is 59.5 Å². The Balaban J connectivity index is -0.000000166. The third-order valence-corrected chi connectivity index (χ3v) is 4.58. The summed E-state index contributed by atoms with van der Waals surface area (Å²) in [7, 11) is 0. The SMILES string of the molecule is CC(O)CO.OCC1(CO)CCCCC1.OCCCCCCO.OCCCCO.OCCO. The highest BCUT2D eigenvalue weighted by atomic mass is 16.3. The Kier molecular flexibility index (Phi) is 43.6. The molecule has 206 valence electrons. The van der Waals surface area contributed by atoms with E-state index in [4.69, 9.17) is 51.1 Å². The van der Waals surface area contributed by atoms with Crippen molar-refractivity contribution in [2.45, 2.75) is 83.7 Å². The minimum Gasteiger partial charge on any atom is -0.396 e. The van der Waals surface area contributed by atoms with Gasteiger partial charge in [-0.1, -0.05) is 32.1 Å². The molecule has 0 aliphatic heterocycles. The fraction of sp³-hybridized carbons (Fsp3) is 1.00. The van der Waals surface area contributed by atoms with E-state index in [1.54, 1.807) is 0 Å². The van der Waals surface area contributed by atoms with Gasteiger partial charge in [-0.25, -0.2) is 0 Å². The van der Waals surface area contributed by atoms with Gasteiger partial charge in [0.2, 0.25) is 0 Å². The van der Waals surface area contributed by atoms with Crippen LogP contribution in [0.15, 0.2) is 0 Å². The zero-order valence-electron chi connectivity index (χ0n) is 20.7. The molecule has 1 rings (SSSR count). The van der Waals surface area contributed by atoms with E-state index in [-0.39, 0.29) is 64.9 Å². The average Bonchev–Trinajstić information content (AvgIpc) is 2.87. The second-order valence-corrected chi connectivity index (χ2v) is 7.87. The molecule has 1 fully saturated rings. The Morgan fingerprint density at radius 2 is 0.818 bits per heavy atom. The van der Waals surface area contributed by atoms with Gasteiger partial charge in [0.15, 0.2) is 0 Å². The fourth-order valence-corrected chi connectivity index (χ4v) is 2.47. The van der Waals surface area contributed by atoms with Crippen molar-refractivity contribution in [1.82, 2.24) is 0 Å². The molecule has 0 spiro atoms. The molecule has 33 heavy (non-hydrogen) atoms. The van der Waals surface area contributed by atoms with Gasteiger partial charge in [-0.2, -0.15) is 0 Å². The monoisotopic (exact) mass is 490 g/mol. The van der Waals surface area contributed by atoms with Crippen LogP contribution in [0.25, 0.3) is 0 Å². The molecule has 0 radical (unpaired) electrons. The first kappa shape index (κ1) is 39.8. The normalized spacial score (nSPS) is 14.6. The van der Waals surface area contributed by atoms with Crippen molar-refractivity contribution < 1.29 is 51.1 Å². The summed E-state index contributed by atoms with van der Waals surface area (Å²) in [6, 6.07) is 0. The van der Waals surface area contributed by atoms with Crippen LogP contribution in [-0.2, 0) is 0 Å². The molecule has 0 amide bonds. The first-order valence-corrected chi connectivity index (χ1v) is 12.0. The van der Waals surface area contributed by atoms with Crippen LogP contribution in [0, 0.1) is 5.41 Å². The average molecular weight is 491 g/mol. The number of hydrogen-bond acceptors (Lipinski definition) is 10. The van der Waals surface area contributed by atoms with Crippen molar-refractivity contribution in [2.24, 2.45) is 5.41 Å². The number of unbranched alkanes of at least 4 members (excludes halogenated alkanes) is 4. The number of aliphatic hydroxyl groups is 10. The van der Waals surface area contributed by atoms with Crippen molar-refractivity contribution in [3.8, 4) is 0 Å². The van der Waals surface area contributed by atoms with Gasteiger partial charge in [0.05, 0.1) is 39.1 Å². The van der Waals surface area contributed by atoms with Crippen molar-refractivity contribution in [3.05, 3.63) is 0 Å². The molecule has 1 atom stereocenters. The van der Waals surface area contributed by atoms with E-state index in [0.29, 0.717) is 0 Å². The summed E-state index contributed by atoms with van der Waals surface area (Å²) < 4.78 is 0. The van der Waals surface area contributed by atoms with Gasteiger partial charge in [-0.05, 0) is 45.4 Å². The maximum atomic E-state index is 8.98. The van der Waals surface area contributed by atoms with Crippen LogP contribution in [0.4, 0.5) is 0 Å². The van der Waals surface area contributed by atoms with Crippen LogP contribution in [-0.4, -0.2) is 117 Å². The number of hydrogen-bond donors (Lipinski definition) is 10. The van der Waals surface area contributed by atoms with Crippen molar-refractivity contribution >= 4 is 0 Å². The summed E-state index contributed by atoms with van der Waals surface area (Å²) in [5.74, 6) is 0. The second-order valence-electron chi connectivity index (χ2n) is 7.87. The Bertz CT molecular complexity index is 283. The van der Waals surface area contributed by atoms with Gasteiger partial charge < -0.3 is 51.1 Å². The Morgan fingerprint density at radius 3 is 1.00 bits per heavy atom. The molecular weight excluding hydrogens is 436 g/mol. The van der Waals surface area contributed by atoms with E-state index in [0.717, 1.165) is 51.4 Å². The molecule has 10 N–H and O–H groups in total. The van der Waals surface area contributed by atoms with Crippen LogP contribution in [0.2, 0.25) is 0 Å². The van der Waals surface area contributed by atoms with E-state index in [1.165, 1.54) is 26.2 Å². The minimum atomic E-state index is -0.560. The highest BCUT2D eigenvalue weighted by Crippen LogP contribution is 2.34. The summed E-state index contributed by atoms with van der Waals surface area (Å²) in [6.45, 7) is 2.41. The largest absolute Gasteiger partial charge is 0.396 e. The Hall–Kier alpha value is -0.400. The summed E-state index contributed by atoms with van der Waals surface area (Å²) in [5, 5.41) is 82.0. The molecule has 1 aliphatic carbocycles. The molecule has 1 saturated carbocycles. The van der Waals surface area contributed by atoms with Gasteiger partial charge in [0.1, 0.15) is 0 Å². The van der Waals surface area contributed by atoms with Crippen molar-refractivity contribution in [1.29, 1.82) is 0 Å². The van der Waals surface area contributed by atoms with Gasteiger partial charge in [0, 0.05) is 31.8 Å². The van der Waals surface area contributed by atoms with Gasteiger partial charge >= 0.3 is 0 Å². The maximum Gasteiger partial charge on any atom is 0.0742 e. The van der Waals surface area contributed by atoms with Gasteiger partial charge in [0.25, 0.3) is 0 Å². The standard InChI is InChI=1S/C8H16O2.C6H14O2.C4H10O2.C3H8O2.C2H6O2/c9-6-8(7-10)4-2-1-3-5-8;7-5-3-1-2-4-6-8;5-3-1-2-4-6;1-3(5)2-4;3-1-2-4/h9-10H,1-7H2;7-8H,1-6H2;5-6H,1-4H2;3-5H,2H2,1H3;3-4H,1-2H2. The molecule has 0 aromatic carbocycles. The summed E-state index contributed by atoms with van der Waals surface area (Å²) >= 11 is 0. The lowest BCUT2D eigenvalue weighted by Crippen LogP contribution is -2.31. The van der Waals surface area contributed by atoms with E-state index in [2.05, 4.69) is 0 Å². The third-order valence-electron chi connectivity index (χ3n) is 4.58. The lowest BCUT2D eigenvalue weighted by Gasteiger charge is -2.33. The molecule has 0 heterocycles. The summed E-state index contributed by atoms with van der Waals surface area (Å²) in [6.07, 6.45) is 10.3. The Morgan fingerprint density at radius 1 is 0.515 bits per heavy atom. The van der Waals surface area contributed by atoms with E-state index in [1.807, 2.05) is 0 Å². The Labute approximate surface area is 200 Å². The first-order valence-electron chi connectivity index (χ1n) is 12.0. The van der Waals surface area contributed by atoms with Crippen LogP contribution >= 0.6 is 0 Å².